The van der Waals surface area contributed by atoms with Crippen molar-refractivity contribution in [3.8, 4) is 17.2 Å². The lowest BCUT2D eigenvalue weighted by Gasteiger charge is -2.44. The molecule has 0 radical (unpaired) electrons. The molecule has 1 saturated carbocycles. The minimum Gasteiger partial charge on any atom is -0.339 e. The third-order valence-electron chi connectivity index (χ3n) is 6.77. The molecule has 0 bridgehead atoms. The highest BCUT2D eigenvalue weighted by molar-refractivity contribution is 7.89. The van der Waals surface area contributed by atoms with Crippen LogP contribution >= 0.6 is 0 Å². The van der Waals surface area contributed by atoms with Crippen LogP contribution in [-0.4, -0.2) is 73.8 Å². The average molecular weight is 450 g/mol. The lowest BCUT2D eigenvalue weighted by molar-refractivity contribution is 0.0833. The Morgan fingerprint density at radius 1 is 0.938 bits per heavy atom. The minimum atomic E-state index is -3.69. The van der Waals surface area contributed by atoms with Gasteiger partial charge >= 0.3 is 0 Å². The van der Waals surface area contributed by atoms with Crippen molar-refractivity contribution in [1.82, 2.24) is 14.1 Å². The molecule has 2 aromatic rings. The standard InChI is InChI=1S/C24H27N5O2S/c25-18-20-4-1-2-7-23(20)19-8-10-22(11-9-19)32(30,31)29-13-12-26-24(29)28-16-14-27(15-17-28)21-5-3-6-21/h1-2,4,7-11,21H,3,5-6,12-17H2. The van der Waals surface area contributed by atoms with Gasteiger partial charge in [-0.1, -0.05) is 36.8 Å². The van der Waals surface area contributed by atoms with Crippen LogP contribution in [0.25, 0.3) is 11.1 Å². The topological polar surface area (TPSA) is 80.0 Å². The summed E-state index contributed by atoms with van der Waals surface area (Å²) in [6, 6.07) is 17.0. The fourth-order valence-electron chi connectivity index (χ4n) is 4.71. The third-order valence-corrected chi connectivity index (χ3v) is 8.56. The van der Waals surface area contributed by atoms with Gasteiger partial charge in [0, 0.05) is 32.2 Å². The quantitative estimate of drug-likeness (QED) is 0.717. The van der Waals surface area contributed by atoms with Crippen molar-refractivity contribution in [2.24, 2.45) is 4.99 Å². The zero-order valence-corrected chi connectivity index (χ0v) is 18.8. The fourth-order valence-corrected chi connectivity index (χ4v) is 6.15. The van der Waals surface area contributed by atoms with Crippen LogP contribution in [0, 0.1) is 11.3 Å². The third kappa shape index (κ3) is 3.76. The largest absolute Gasteiger partial charge is 0.339 e. The van der Waals surface area contributed by atoms with Gasteiger partial charge in [-0.05, 0) is 42.2 Å². The van der Waals surface area contributed by atoms with Crippen molar-refractivity contribution in [1.29, 1.82) is 5.26 Å². The van der Waals surface area contributed by atoms with Crippen LogP contribution in [0.2, 0.25) is 0 Å². The van der Waals surface area contributed by atoms with Crippen LogP contribution in [0.4, 0.5) is 0 Å². The molecule has 8 heteroatoms. The monoisotopic (exact) mass is 449 g/mol. The maximum absolute atomic E-state index is 13.4. The van der Waals surface area contributed by atoms with E-state index in [9.17, 15) is 13.7 Å². The van der Waals surface area contributed by atoms with Gasteiger partial charge in [0.05, 0.1) is 29.6 Å². The summed E-state index contributed by atoms with van der Waals surface area (Å²) >= 11 is 0. The van der Waals surface area contributed by atoms with E-state index in [1.807, 2.05) is 18.2 Å². The van der Waals surface area contributed by atoms with Crippen LogP contribution in [0.3, 0.4) is 0 Å². The summed E-state index contributed by atoms with van der Waals surface area (Å²) in [6.45, 7) is 4.41. The van der Waals surface area contributed by atoms with E-state index < -0.39 is 10.0 Å². The van der Waals surface area contributed by atoms with E-state index in [0.29, 0.717) is 30.7 Å². The molecule has 3 aliphatic rings. The van der Waals surface area contributed by atoms with Crippen LogP contribution in [0.15, 0.2) is 58.4 Å². The van der Waals surface area contributed by atoms with Crippen LogP contribution in [0.1, 0.15) is 24.8 Å². The highest BCUT2D eigenvalue weighted by Crippen LogP contribution is 2.28. The Morgan fingerprint density at radius 3 is 2.31 bits per heavy atom. The highest BCUT2D eigenvalue weighted by atomic mass is 32.2. The van der Waals surface area contributed by atoms with E-state index in [1.165, 1.54) is 23.6 Å². The molecule has 1 saturated heterocycles. The van der Waals surface area contributed by atoms with E-state index in [1.54, 1.807) is 30.3 Å². The van der Waals surface area contributed by atoms with Crippen molar-refractivity contribution >= 4 is 16.0 Å². The van der Waals surface area contributed by atoms with Gasteiger partial charge in [-0.2, -0.15) is 5.26 Å². The van der Waals surface area contributed by atoms with Gasteiger partial charge in [-0.3, -0.25) is 9.89 Å². The summed E-state index contributed by atoms with van der Waals surface area (Å²) in [4.78, 5) is 9.46. The molecule has 0 amide bonds. The second-order valence-electron chi connectivity index (χ2n) is 8.55. The van der Waals surface area contributed by atoms with E-state index >= 15 is 0 Å². The summed E-state index contributed by atoms with van der Waals surface area (Å²) in [5.41, 5.74) is 2.19. The molecule has 0 spiro atoms. The molecule has 2 fully saturated rings. The van der Waals surface area contributed by atoms with Gasteiger partial charge in [0.25, 0.3) is 10.0 Å². The van der Waals surface area contributed by atoms with E-state index in [-0.39, 0.29) is 4.90 Å². The molecule has 2 aromatic carbocycles. The van der Waals surface area contributed by atoms with Crippen LogP contribution < -0.4 is 0 Å². The molecule has 0 unspecified atom stereocenters. The Labute approximate surface area is 189 Å². The first-order valence-corrected chi connectivity index (χ1v) is 12.7. The summed E-state index contributed by atoms with van der Waals surface area (Å²) < 4.78 is 28.3. The lowest BCUT2D eigenvalue weighted by atomic mass is 9.91. The van der Waals surface area contributed by atoms with Crippen molar-refractivity contribution in [2.45, 2.75) is 30.2 Å². The van der Waals surface area contributed by atoms with Gasteiger partial charge < -0.3 is 4.90 Å². The molecule has 5 rings (SSSR count). The molecule has 0 aromatic heterocycles. The number of nitrogens with zero attached hydrogens (tertiary/aromatic N) is 5. The summed E-state index contributed by atoms with van der Waals surface area (Å²) in [7, 11) is -3.69. The van der Waals surface area contributed by atoms with Crippen LogP contribution in [0.5, 0.6) is 0 Å². The zero-order chi connectivity index (χ0) is 22.1. The smallest absolute Gasteiger partial charge is 0.266 e. The molecule has 1 aliphatic carbocycles. The molecule has 0 N–H and O–H groups in total. The normalized spacial score (nSPS) is 20.0. The van der Waals surface area contributed by atoms with E-state index in [2.05, 4.69) is 20.9 Å². The van der Waals surface area contributed by atoms with E-state index in [4.69, 9.17) is 0 Å². The Morgan fingerprint density at radius 2 is 1.66 bits per heavy atom. The summed E-state index contributed by atoms with van der Waals surface area (Å²) in [5.74, 6) is 0.581. The fraction of sp³-hybridized carbons (Fsp3) is 0.417. The Hall–Kier alpha value is -2.89. The number of benzene rings is 2. The van der Waals surface area contributed by atoms with Crippen LogP contribution in [-0.2, 0) is 10.0 Å². The molecule has 7 nitrogen and oxygen atoms in total. The maximum atomic E-state index is 13.4. The van der Waals surface area contributed by atoms with Crippen molar-refractivity contribution in [3.05, 3.63) is 54.1 Å². The molecule has 2 heterocycles. The first kappa shape index (κ1) is 21.0. The van der Waals surface area contributed by atoms with Crippen molar-refractivity contribution < 1.29 is 8.42 Å². The number of piperazine rings is 1. The van der Waals surface area contributed by atoms with Gasteiger partial charge in [-0.15, -0.1) is 0 Å². The number of aliphatic imine (C=N–C) groups is 1. The van der Waals surface area contributed by atoms with Crippen molar-refractivity contribution in [3.63, 3.8) is 0 Å². The maximum Gasteiger partial charge on any atom is 0.266 e. The van der Waals surface area contributed by atoms with E-state index in [0.717, 1.165) is 37.3 Å². The Bertz CT molecular complexity index is 1160. The summed E-state index contributed by atoms with van der Waals surface area (Å²) in [6.07, 6.45) is 3.90. The van der Waals surface area contributed by atoms with Gasteiger partial charge in [0.1, 0.15) is 0 Å². The molecular weight excluding hydrogens is 422 g/mol. The number of guanidine groups is 1. The van der Waals surface area contributed by atoms with Gasteiger partial charge in [-0.25, -0.2) is 12.7 Å². The number of nitriles is 1. The molecule has 2 aliphatic heterocycles. The molecular formula is C24H27N5O2S. The minimum absolute atomic E-state index is 0.249. The molecule has 166 valence electrons. The number of sulfonamides is 1. The second kappa shape index (κ2) is 8.57. The Kier molecular flexibility index (Phi) is 5.62. The first-order valence-electron chi connectivity index (χ1n) is 11.2. The predicted octanol–water partition coefficient (Wildman–Crippen LogP) is 2.76. The number of hydrogen-bond donors (Lipinski definition) is 0. The SMILES string of the molecule is N#Cc1ccccc1-c1ccc(S(=O)(=O)N2CCN=C2N2CCN(C3CCC3)CC2)cc1. The van der Waals surface area contributed by atoms with Gasteiger partial charge in [0.2, 0.25) is 5.96 Å². The lowest BCUT2D eigenvalue weighted by Crippen LogP contribution is -2.56. The highest BCUT2D eigenvalue weighted by Gasteiger charge is 2.36. The first-order chi connectivity index (χ1) is 15.6. The van der Waals surface area contributed by atoms with Crippen molar-refractivity contribution in [2.75, 3.05) is 39.3 Å². The molecule has 0 atom stereocenters. The number of rotatable bonds is 4. The predicted molar refractivity (Wildman–Crippen MR) is 124 cm³/mol. The second-order valence-corrected chi connectivity index (χ2v) is 10.4. The average Bonchev–Trinajstić information content (AvgIpc) is 3.29. The summed E-state index contributed by atoms with van der Waals surface area (Å²) in [5, 5.41) is 9.35. The molecule has 32 heavy (non-hydrogen) atoms. The van der Waals surface area contributed by atoms with Gasteiger partial charge in [0.15, 0.2) is 0 Å². The zero-order valence-electron chi connectivity index (χ0n) is 18.0. The number of hydrogen-bond acceptors (Lipinski definition) is 6. The Balaban J connectivity index is 1.33.